The third-order valence-corrected chi connectivity index (χ3v) is 8.54. The maximum absolute atomic E-state index is 13.1. The zero-order valence-corrected chi connectivity index (χ0v) is 22.2. The van der Waals surface area contributed by atoms with Gasteiger partial charge in [-0.1, -0.05) is 65.9 Å². The molecule has 0 spiro atoms. The van der Waals surface area contributed by atoms with Crippen molar-refractivity contribution in [2.24, 2.45) is 5.92 Å². The molecule has 36 heavy (non-hydrogen) atoms. The van der Waals surface area contributed by atoms with E-state index < -0.39 is 0 Å². The lowest BCUT2D eigenvalue weighted by atomic mass is 9.81. The Bertz CT molecular complexity index is 1090. The summed E-state index contributed by atoms with van der Waals surface area (Å²) >= 11 is 0. The predicted octanol–water partition coefficient (Wildman–Crippen LogP) is 6.25. The third-order valence-electron chi connectivity index (χ3n) is 8.54. The normalized spacial score (nSPS) is 23.6. The van der Waals surface area contributed by atoms with Crippen LogP contribution in [0.25, 0.3) is 11.3 Å². The lowest BCUT2D eigenvalue weighted by Gasteiger charge is -2.33. The summed E-state index contributed by atoms with van der Waals surface area (Å²) in [5, 5.41) is 3.01. The topological polar surface area (TPSA) is 81.4 Å². The Morgan fingerprint density at radius 1 is 1.17 bits per heavy atom. The van der Waals surface area contributed by atoms with E-state index in [1.54, 1.807) is 0 Å². The van der Waals surface area contributed by atoms with E-state index in [-0.39, 0.29) is 34.8 Å². The fourth-order valence-electron chi connectivity index (χ4n) is 5.61. The zero-order valence-electron chi connectivity index (χ0n) is 22.2. The Balaban J connectivity index is 1.47. The molecule has 6 nitrogen and oxygen atoms in total. The highest BCUT2D eigenvalue weighted by molar-refractivity contribution is 5.90. The minimum atomic E-state index is -0.290. The summed E-state index contributed by atoms with van der Waals surface area (Å²) in [6.07, 6.45) is 10.6. The second-order valence-electron chi connectivity index (χ2n) is 12.6. The Morgan fingerprint density at radius 2 is 1.89 bits per heavy atom. The average Bonchev–Trinajstić information content (AvgIpc) is 3.44. The van der Waals surface area contributed by atoms with Gasteiger partial charge in [-0.3, -0.25) is 9.59 Å². The van der Waals surface area contributed by atoms with E-state index in [0.29, 0.717) is 25.2 Å². The van der Waals surface area contributed by atoms with Gasteiger partial charge in [0.05, 0.1) is 0 Å². The summed E-state index contributed by atoms with van der Waals surface area (Å²) in [6, 6.07) is 6.86. The highest BCUT2D eigenvalue weighted by Gasteiger charge is 2.40. The largest absolute Gasteiger partial charge is 0.464 e. The number of oxazole rings is 1. The van der Waals surface area contributed by atoms with E-state index in [0.717, 1.165) is 23.4 Å². The Hall–Kier alpha value is -2.63. The van der Waals surface area contributed by atoms with E-state index in [2.05, 4.69) is 51.2 Å². The first kappa shape index (κ1) is 25.0. The highest BCUT2D eigenvalue weighted by Crippen LogP contribution is 2.49. The van der Waals surface area contributed by atoms with Gasteiger partial charge in [0.1, 0.15) is 17.6 Å². The molecule has 6 heteroatoms. The van der Waals surface area contributed by atoms with Crippen LogP contribution in [0.15, 0.2) is 22.6 Å². The van der Waals surface area contributed by atoms with Crippen LogP contribution in [-0.2, 0) is 26.8 Å². The molecule has 3 fully saturated rings. The molecule has 194 valence electrons. The molecule has 3 aliphatic rings. The number of nitrogens with one attached hydrogen (secondary N) is 1. The number of benzene rings is 1. The van der Waals surface area contributed by atoms with Crippen LogP contribution in [0.2, 0.25) is 0 Å². The number of ether oxygens (including phenoxy) is 1. The minimum absolute atomic E-state index is 0.00777. The summed E-state index contributed by atoms with van der Waals surface area (Å²) in [5.41, 5.74) is 4.76. The molecule has 1 heterocycles. The van der Waals surface area contributed by atoms with Gasteiger partial charge in [0.2, 0.25) is 0 Å². The molecule has 0 aliphatic heterocycles. The summed E-state index contributed by atoms with van der Waals surface area (Å²) in [7, 11) is 0. The van der Waals surface area contributed by atoms with E-state index in [9.17, 15) is 9.59 Å². The van der Waals surface area contributed by atoms with Crippen molar-refractivity contribution in [3.8, 4) is 11.3 Å². The van der Waals surface area contributed by atoms with Crippen LogP contribution in [0, 0.1) is 5.92 Å². The van der Waals surface area contributed by atoms with Crippen molar-refractivity contribution in [1.82, 2.24) is 10.3 Å². The van der Waals surface area contributed by atoms with Crippen molar-refractivity contribution in [2.45, 2.75) is 115 Å². The number of nitrogens with zero attached hydrogens (tertiary/aromatic N) is 1. The lowest BCUT2D eigenvalue weighted by Crippen LogP contribution is -2.47. The molecule has 5 rings (SSSR count). The molecule has 1 aromatic carbocycles. The van der Waals surface area contributed by atoms with Gasteiger partial charge >= 0.3 is 5.91 Å². The Morgan fingerprint density at radius 3 is 2.53 bits per heavy atom. The monoisotopic (exact) mass is 492 g/mol. The van der Waals surface area contributed by atoms with Gasteiger partial charge in [0.25, 0.3) is 12.4 Å². The molecule has 0 atom stereocenters. The van der Waals surface area contributed by atoms with Gasteiger partial charge in [-0.05, 0) is 52.8 Å². The zero-order chi connectivity index (χ0) is 25.5. The second kappa shape index (κ2) is 9.68. The number of amides is 1. The first-order valence-electron chi connectivity index (χ1n) is 13.7. The number of hydrogen-bond acceptors (Lipinski definition) is 5. The van der Waals surface area contributed by atoms with Crippen LogP contribution in [0.1, 0.15) is 113 Å². The van der Waals surface area contributed by atoms with Crippen molar-refractivity contribution in [3.63, 3.8) is 0 Å². The summed E-state index contributed by atoms with van der Waals surface area (Å²) in [4.78, 5) is 28.4. The SMILES string of the molecule is CC(C)(C)c1cc(-c2nc(C(=O)NC3CC(OC=O)C3)oc2CC2CCCCC2)cc(C2(C)CC2)c1. The average molecular weight is 493 g/mol. The number of rotatable bonds is 8. The fraction of sp³-hybridized carbons (Fsp3) is 0.633. The van der Waals surface area contributed by atoms with Crippen LogP contribution in [-0.4, -0.2) is 29.5 Å². The number of carbonyl (C=O) groups excluding carboxylic acids is 2. The van der Waals surface area contributed by atoms with Gasteiger partial charge in [-0.15, -0.1) is 0 Å². The van der Waals surface area contributed by atoms with Crippen LogP contribution >= 0.6 is 0 Å². The van der Waals surface area contributed by atoms with E-state index in [1.165, 1.54) is 56.1 Å². The molecule has 1 amide bonds. The first-order chi connectivity index (χ1) is 17.1. The van der Waals surface area contributed by atoms with Gasteiger partial charge in [0.15, 0.2) is 0 Å². The molecule has 1 N–H and O–H groups in total. The highest BCUT2D eigenvalue weighted by atomic mass is 16.5. The quantitative estimate of drug-likeness (QED) is 0.441. The number of carbonyl (C=O) groups is 2. The van der Waals surface area contributed by atoms with Crippen molar-refractivity contribution in [1.29, 1.82) is 0 Å². The van der Waals surface area contributed by atoms with Gasteiger partial charge < -0.3 is 14.5 Å². The molecule has 0 unspecified atom stereocenters. The molecule has 2 aromatic rings. The Labute approximate surface area is 214 Å². The summed E-state index contributed by atoms with van der Waals surface area (Å²) in [6.45, 7) is 9.55. The minimum Gasteiger partial charge on any atom is -0.464 e. The summed E-state index contributed by atoms with van der Waals surface area (Å²) < 4.78 is 11.2. The molecule has 1 aromatic heterocycles. The lowest BCUT2D eigenvalue weighted by molar-refractivity contribution is -0.138. The molecular weight excluding hydrogens is 452 g/mol. The third kappa shape index (κ3) is 5.37. The first-order valence-corrected chi connectivity index (χ1v) is 13.7. The summed E-state index contributed by atoms with van der Waals surface area (Å²) in [5.74, 6) is 1.25. The van der Waals surface area contributed by atoms with E-state index in [1.807, 2.05) is 0 Å². The maximum Gasteiger partial charge on any atom is 0.307 e. The van der Waals surface area contributed by atoms with Gasteiger partial charge in [0, 0.05) is 30.9 Å². The number of aromatic nitrogens is 1. The molecule has 0 saturated heterocycles. The van der Waals surface area contributed by atoms with E-state index >= 15 is 0 Å². The second-order valence-corrected chi connectivity index (χ2v) is 12.6. The molecule has 3 aliphatic carbocycles. The van der Waals surface area contributed by atoms with Crippen molar-refractivity contribution < 1.29 is 18.7 Å². The standard InChI is InChI=1S/C30H40N2O4/c1-29(2,3)21-13-20(14-22(15-21)30(4)10-11-30)26-25(12-19-8-6-5-7-9-19)36-28(32-26)27(34)31-23-16-24(17-23)35-18-33/h13-15,18-19,23-24H,5-12,16-17H2,1-4H3,(H,31,34). The van der Waals surface area contributed by atoms with Crippen LogP contribution in [0.5, 0.6) is 0 Å². The predicted molar refractivity (Wildman–Crippen MR) is 139 cm³/mol. The van der Waals surface area contributed by atoms with Gasteiger partial charge in [-0.2, -0.15) is 0 Å². The van der Waals surface area contributed by atoms with Crippen LogP contribution in [0.4, 0.5) is 0 Å². The van der Waals surface area contributed by atoms with Crippen molar-refractivity contribution in [2.75, 3.05) is 0 Å². The van der Waals surface area contributed by atoms with Crippen molar-refractivity contribution >= 4 is 12.4 Å². The molecule has 0 bridgehead atoms. The van der Waals surface area contributed by atoms with Gasteiger partial charge in [-0.25, -0.2) is 4.98 Å². The van der Waals surface area contributed by atoms with Crippen LogP contribution in [0.3, 0.4) is 0 Å². The number of hydrogen-bond donors (Lipinski definition) is 1. The smallest absolute Gasteiger partial charge is 0.307 e. The van der Waals surface area contributed by atoms with E-state index in [4.69, 9.17) is 14.1 Å². The molecule has 0 radical (unpaired) electrons. The molecular formula is C30H40N2O4. The molecule has 3 saturated carbocycles. The van der Waals surface area contributed by atoms with Crippen molar-refractivity contribution in [3.05, 3.63) is 41.0 Å². The Kier molecular flexibility index (Phi) is 6.73. The van der Waals surface area contributed by atoms with Crippen LogP contribution < -0.4 is 5.32 Å². The fourth-order valence-corrected chi connectivity index (χ4v) is 5.61. The maximum atomic E-state index is 13.1.